The van der Waals surface area contributed by atoms with Crippen LogP contribution in [0.25, 0.3) is 0 Å². The Bertz CT molecular complexity index is 286. The van der Waals surface area contributed by atoms with Gasteiger partial charge < -0.3 is 4.74 Å². The van der Waals surface area contributed by atoms with Gasteiger partial charge in [-0.25, -0.2) is 0 Å². The van der Waals surface area contributed by atoms with E-state index in [0.29, 0.717) is 12.7 Å². The standard InChI is InChI=1S/C13H19ClO/c1-3-7-12(4-2)15-10-11-8-5-6-9-13(11)14/h5-6,8-9,12H,3-4,7,10H2,1-2H3. The quantitative estimate of drug-likeness (QED) is 0.697. The lowest BCUT2D eigenvalue weighted by atomic mass is 10.1. The summed E-state index contributed by atoms with van der Waals surface area (Å²) < 4.78 is 5.81. The molecule has 84 valence electrons. The van der Waals surface area contributed by atoms with Gasteiger partial charge in [-0.2, -0.15) is 0 Å². The predicted octanol–water partition coefficient (Wildman–Crippen LogP) is 4.44. The molecule has 0 N–H and O–H groups in total. The van der Waals surface area contributed by atoms with E-state index in [1.807, 2.05) is 24.3 Å². The van der Waals surface area contributed by atoms with Gasteiger partial charge in [0, 0.05) is 5.02 Å². The zero-order chi connectivity index (χ0) is 11.1. The molecule has 0 heterocycles. The molecule has 0 saturated heterocycles. The van der Waals surface area contributed by atoms with Gasteiger partial charge in [-0.3, -0.25) is 0 Å². The van der Waals surface area contributed by atoms with Crippen molar-refractivity contribution in [3.05, 3.63) is 34.9 Å². The van der Waals surface area contributed by atoms with Gasteiger partial charge in [0.05, 0.1) is 12.7 Å². The molecule has 0 bridgehead atoms. The van der Waals surface area contributed by atoms with Crippen molar-refractivity contribution in [3.63, 3.8) is 0 Å². The zero-order valence-corrected chi connectivity index (χ0v) is 10.3. The zero-order valence-electron chi connectivity index (χ0n) is 9.50. The van der Waals surface area contributed by atoms with Crippen LogP contribution in [0.2, 0.25) is 5.02 Å². The van der Waals surface area contributed by atoms with Gasteiger partial charge in [0.1, 0.15) is 0 Å². The van der Waals surface area contributed by atoms with E-state index in [9.17, 15) is 0 Å². The minimum absolute atomic E-state index is 0.367. The lowest BCUT2D eigenvalue weighted by Crippen LogP contribution is -2.11. The molecule has 0 fully saturated rings. The van der Waals surface area contributed by atoms with E-state index in [2.05, 4.69) is 13.8 Å². The van der Waals surface area contributed by atoms with Crippen molar-refractivity contribution in [1.29, 1.82) is 0 Å². The molecule has 0 aliphatic heterocycles. The van der Waals surface area contributed by atoms with Crippen LogP contribution in [0.3, 0.4) is 0 Å². The molecule has 15 heavy (non-hydrogen) atoms. The maximum atomic E-state index is 6.05. The second-order valence-electron chi connectivity index (χ2n) is 3.72. The largest absolute Gasteiger partial charge is 0.374 e. The third-order valence-electron chi connectivity index (χ3n) is 2.50. The molecule has 0 radical (unpaired) electrons. The van der Waals surface area contributed by atoms with E-state index >= 15 is 0 Å². The first-order valence-corrected chi connectivity index (χ1v) is 6.00. The molecule has 1 unspecified atom stereocenters. The summed E-state index contributed by atoms with van der Waals surface area (Å²) in [5, 5.41) is 0.795. The molecular formula is C13H19ClO. The number of rotatable bonds is 6. The highest BCUT2D eigenvalue weighted by Crippen LogP contribution is 2.17. The van der Waals surface area contributed by atoms with Gasteiger partial charge in [-0.05, 0) is 24.5 Å². The van der Waals surface area contributed by atoms with Gasteiger partial charge in [0.25, 0.3) is 0 Å². The minimum Gasteiger partial charge on any atom is -0.374 e. The maximum absolute atomic E-state index is 6.05. The maximum Gasteiger partial charge on any atom is 0.0735 e. The Kier molecular flexibility index (Phi) is 5.74. The molecule has 1 rings (SSSR count). The molecule has 1 aromatic rings. The van der Waals surface area contributed by atoms with E-state index in [1.54, 1.807) is 0 Å². The summed E-state index contributed by atoms with van der Waals surface area (Å²) in [6.07, 6.45) is 3.73. The summed E-state index contributed by atoms with van der Waals surface area (Å²) in [5.74, 6) is 0. The third kappa shape index (κ3) is 4.23. The molecule has 0 aromatic heterocycles. The van der Waals surface area contributed by atoms with Crippen LogP contribution < -0.4 is 0 Å². The molecule has 0 spiro atoms. The number of benzene rings is 1. The smallest absolute Gasteiger partial charge is 0.0735 e. The van der Waals surface area contributed by atoms with Gasteiger partial charge in [0.15, 0.2) is 0 Å². The highest BCUT2D eigenvalue weighted by atomic mass is 35.5. The number of hydrogen-bond acceptors (Lipinski definition) is 1. The molecular weight excluding hydrogens is 208 g/mol. The monoisotopic (exact) mass is 226 g/mol. The van der Waals surface area contributed by atoms with Crippen molar-refractivity contribution in [1.82, 2.24) is 0 Å². The summed E-state index contributed by atoms with van der Waals surface area (Å²) in [6.45, 7) is 4.96. The van der Waals surface area contributed by atoms with Crippen molar-refractivity contribution < 1.29 is 4.74 Å². The van der Waals surface area contributed by atoms with Gasteiger partial charge in [-0.1, -0.05) is 50.1 Å². The highest BCUT2D eigenvalue weighted by molar-refractivity contribution is 6.31. The lowest BCUT2D eigenvalue weighted by Gasteiger charge is -2.15. The first kappa shape index (κ1) is 12.5. The normalized spacial score (nSPS) is 12.7. The highest BCUT2D eigenvalue weighted by Gasteiger charge is 2.06. The summed E-state index contributed by atoms with van der Waals surface area (Å²) in [7, 11) is 0. The van der Waals surface area contributed by atoms with Crippen LogP contribution in [0.5, 0.6) is 0 Å². The molecule has 2 heteroatoms. The first-order valence-electron chi connectivity index (χ1n) is 5.62. The van der Waals surface area contributed by atoms with Crippen molar-refractivity contribution in [2.45, 2.75) is 45.8 Å². The number of halogens is 1. The molecule has 1 nitrogen and oxygen atoms in total. The van der Waals surface area contributed by atoms with Crippen molar-refractivity contribution >= 4 is 11.6 Å². The summed E-state index contributed by atoms with van der Waals surface area (Å²) in [5.41, 5.74) is 1.08. The van der Waals surface area contributed by atoms with Crippen molar-refractivity contribution in [3.8, 4) is 0 Å². The Hall–Kier alpha value is -0.530. The third-order valence-corrected chi connectivity index (χ3v) is 2.87. The molecule has 0 amide bonds. The van der Waals surface area contributed by atoms with Crippen LogP contribution in [-0.2, 0) is 11.3 Å². The fourth-order valence-corrected chi connectivity index (χ4v) is 1.74. The minimum atomic E-state index is 0.367. The molecule has 1 atom stereocenters. The van der Waals surface area contributed by atoms with Crippen molar-refractivity contribution in [2.24, 2.45) is 0 Å². The van der Waals surface area contributed by atoms with Crippen LogP contribution in [0.1, 0.15) is 38.7 Å². The topological polar surface area (TPSA) is 9.23 Å². The van der Waals surface area contributed by atoms with Crippen LogP contribution in [-0.4, -0.2) is 6.10 Å². The number of hydrogen-bond donors (Lipinski definition) is 0. The molecule has 0 aliphatic carbocycles. The Morgan fingerprint density at radius 3 is 2.60 bits per heavy atom. The summed E-state index contributed by atoms with van der Waals surface area (Å²) in [4.78, 5) is 0. The number of ether oxygens (including phenoxy) is 1. The average Bonchev–Trinajstić information content (AvgIpc) is 2.26. The van der Waals surface area contributed by atoms with E-state index < -0.39 is 0 Å². The Morgan fingerprint density at radius 2 is 2.00 bits per heavy atom. The van der Waals surface area contributed by atoms with Crippen LogP contribution in [0.4, 0.5) is 0 Å². The predicted molar refractivity (Wildman–Crippen MR) is 65.2 cm³/mol. The Morgan fingerprint density at radius 1 is 1.27 bits per heavy atom. The summed E-state index contributed by atoms with van der Waals surface area (Å²) >= 11 is 6.05. The molecule has 1 aromatic carbocycles. The summed E-state index contributed by atoms with van der Waals surface area (Å²) in [6, 6.07) is 7.85. The Balaban J connectivity index is 2.45. The van der Waals surface area contributed by atoms with Crippen LogP contribution >= 0.6 is 11.6 Å². The Labute approximate surface area is 97.4 Å². The van der Waals surface area contributed by atoms with Gasteiger partial charge >= 0.3 is 0 Å². The van der Waals surface area contributed by atoms with Crippen molar-refractivity contribution in [2.75, 3.05) is 0 Å². The fraction of sp³-hybridized carbons (Fsp3) is 0.538. The second kappa shape index (κ2) is 6.86. The van der Waals surface area contributed by atoms with Gasteiger partial charge in [0.2, 0.25) is 0 Å². The van der Waals surface area contributed by atoms with Gasteiger partial charge in [-0.15, -0.1) is 0 Å². The molecule has 0 saturated carbocycles. The lowest BCUT2D eigenvalue weighted by molar-refractivity contribution is 0.0322. The van der Waals surface area contributed by atoms with E-state index in [0.717, 1.165) is 23.4 Å². The van der Waals surface area contributed by atoms with Crippen LogP contribution in [0.15, 0.2) is 24.3 Å². The van der Waals surface area contributed by atoms with E-state index in [-0.39, 0.29) is 0 Å². The second-order valence-corrected chi connectivity index (χ2v) is 4.13. The fourth-order valence-electron chi connectivity index (χ4n) is 1.55. The van der Waals surface area contributed by atoms with Crippen LogP contribution in [0, 0.1) is 0 Å². The van der Waals surface area contributed by atoms with E-state index in [4.69, 9.17) is 16.3 Å². The SMILES string of the molecule is CCCC(CC)OCc1ccccc1Cl. The first-order chi connectivity index (χ1) is 7.27. The van der Waals surface area contributed by atoms with E-state index in [1.165, 1.54) is 6.42 Å². The average molecular weight is 227 g/mol. The molecule has 0 aliphatic rings.